The average molecular weight is 556 g/mol. The number of hydrogen-bond donors (Lipinski definition) is 0. The number of fused-ring (bicyclic) bond motifs is 1. The highest BCUT2D eigenvalue weighted by molar-refractivity contribution is 7.86. The summed E-state index contributed by atoms with van der Waals surface area (Å²) in [5.41, 5.74) is 0.266. The minimum Gasteiger partial charge on any atom is -0.462 e. The van der Waals surface area contributed by atoms with Crippen LogP contribution in [0.25, 0.3) is 0 Å². The molecule has 1 heterocycles. The van der Waals surface area contributed by atoms with Crippen LogP contribution in [0.5, 0.6) is 0 Å². The number of amides is 1. The minimum absolute atomic E-state index is 0.243. The number of carbonyl (C=O) groups excluding carboxylic acids is 6. The molecule has 0 N–H and O–H groups in total. The quantitative estimate of drug-likeness (QED) is 0.294. The van der Waals surface area contributed by atoms with Crippen LogP contribution in [0, 0.1) is 0 Å². The third-order valence-electron chi connectivity index (χ3n) is 5.12. The van der Waals surface area contributed by atoms with Crippen LogP contribution in [0.2, 0.25) is 0 Å². The number of rotatable bonds is 10. The van der Waals surface area contributed by atoms with Gasteiger partial charge in [0.15, 0.2) is 29.8 Å². The molecule has 2 unspecified atom stereocenters. The number of carbonyl (C=O) groups is 6. The van der Waals surface area contributed by atoms with Crippen molar-refractivity contribution in [3.8, 4) is 0 Å². The van der Waals surface area contributed by atoms with E-state index in [4.69, 9.17) is 23.7 Å². The lowest BCUT2D eigenvalue weighted by Crippen LogP contribution is -2.60. The van der Waals surface area contributed by atoms with Crippen LogP contribution in [0.15, 0.2) is 29.2 Å². The molecule has 1 aliphatic rings. The fourth-order valence-electron chi connectivity index (χ4n) is 3.95. The highest BCUT2D eigenvalue weighted by atomic mass is 32.2. The molecule has 0 saturated heterocycles. The average Bonchev–Trinajstić information content (AvgIpc) is 3.09. The Morgan fingerprint density at radius 2 is 1.29 bits per heavy atom. The molecule has 1 aromatic rings. The van der Waals surface area contributed by atoms with Gasteiger partial charge >= 0.3 is 29.8 Å². The Bertz CT molecular complexity index is 1140. The first-order valence-electron chi connectivity index (χ1n) is 11.4. The third kappa shape index (κ3) is 7.60. The minimum atomic E-state index is -2.03. The zero-order chi connectivity index (χ0) is 28.7. The number of nitrogens with zero attached hydrogens (tertiary/aromatic N) is 1. The largest absolute Gasteiger partial charge is 0.462 e. The third-order valence-corrected chi connectivity index (χ3v) is 6.82. The maximum atomic E-state index is 13.7. The van der Waals surface area contributed by atoms with Crippen LogP contribution in [0.3, 0.4) is 0 Å². The highest BCUT2D eigenvalue weighted by Crippen LogP contribution is 2.39. The van der Waals surface area contributed by atoms with E-state index in [2.05, 4.69) is 0 Å². The lowest BCUT2D eigenvalue weighted by molar-refractivity contribution is -0.202. The van der Waals surface area contributed by atoms with Crippen LogP contribution in [-0.2, 0) is 63.3 Å². The second kappa shape index (κ2) is 13.1. The second-order valence-electron chi connectivity index (χ2n) is 8.22. The molecular weight excluding hydrogens is 526 g/mol. The first-order chi connectivity index (χ1) is 17.7. The first kappa shape index (κ1) is 30.4. The molecule has 0 aromatic heterocycles. The maximum Gasteiger partial charge on any atom is 0.303 e. The normalized spacial score (nSPS) is 19.2. The smallest absolute Gasteiger partial charge is 0.303 e. The molecule has 208 valence electrons. The molecule has 0 fully saturated rings. The Hall–Kier alpha value is -3.81. The van der Waals surface area contributed by atoms with Gasteiger partial charge in [-0.05, 0) is 12.1 Å². The summed E-state index contributed by atoms with van der Waals surface area (Å²) in [6.07, 6.45) is -6.75. The zero-order valence-corrected chi connectivity index (χ0v) is 22.5. The monoisotopic (exact) mass is 555 g/mol. The SMILES string of the molecule is CC(=O)OC[C@@H](OC(C)=O)[C@H](OC(C)=O)[C@H](OC(C)=O)[C@@H](OC(C)=O)C1N(C(C)=O)c2ccccc2S1=O. The first-order valence-corrected chi connectivity index (χ1v) is 12.6. The van der Waals surface area contributed by atoms with Crippen molar-refractivity contribution in [3.63, 3.8) is 0 Å². The molecule has 14 heteroatoms. The fraction of sp³-hybridized carbons (Fsp3) is 0.500. The van der Waals surface area contributed by atoms with Gasteiger partial charge in [0.1, 0.15) is 6.61 Å². The van der Waals surface area contributed by atoms with Gasteiger partial charge in [-0.3, -0.25) is 37.9 Å². The molecule has 0 saturated carbocycles. The molecule has 38 heavy (non-hydrogen) atoms. The molecule has 6 atom stereocenters. The summed E-state index contributed by atoms with van der Waals surface area (Å²) < 4.78 is 40.1. The van der Waals surface area contributed by atoms with E-state index in [1.807, 2.05) is 0 Å². The summed E-state index contributed by atoms with van der Waals surface area (Å²) in [4.78, 5) is 74.0. The van der Waals surface area contributed by atoms with Crippen LogP contribution in [0.4, 0.5) is 5.69 Å². The topological polar surface area (TPSA) is 169 Å². The van der Waals surface area contributed by atoms with Gasteiger partial charge < -0.3 is 23.7 Å². The molecular formula is C24H29NO12S. The van der Waals surface area contributed by atoms with Crippen LogP contribution in [-0.4, -0.2) is 76.4 Å². The standard InChI is InChI=1S/C24H29NO12S/c1-12(26)25-18-9-7-8-10-20(18)38(32)24(25)23(37-17(6)31)22(36-16(5)30)21(35-15(4)29)19(34-14(3)28)11-33-13(2)27/h7-10,19,21-24H,11H2,1-6H3/t19-,21+,22+,23-,24?,38?/m1/s1. The predicted molar refractivity (Wildman–Crippen MR) is 129 cm³/mol. The van der Waals surface area contributed by atoms with E-state index < -0.39 is 82.9 Å². The summed E-state index contributed by atoms with van der Waals surface area (Å²) >= 11 is 0. The maximum absolute atomic E-state index is 13.7. The van der Waals surface area contributed by atoms with Gasteiger partial charge in [0, 0.05) is 41.5 Å². The number of ether oxygens (including phenoxy) is 5. The fourth-order valence-corrected chi connectivity index (χ4v) is 5.71. The summed E-state index contributed by atoms with van der Waals surface area (Å²) in [6.45, 7) is 5.74. The Labute approximate surface area is 221 Å². The van der Waals surface area contributed by atoms with E-state index in [0.29, 0.717) is 0 Å². The molecule has 0 radical (unpaired) electrons. The summed E-state index contributed by atoms with van der Waals surface area (Å²) in [5, 5.41) is -1.44. The molecule has 2 rings (SSSR count). The Balaban J connectivity index is 2.74. The van der Waals surface area contributed by atoms with Crippen molar-refractivity contribution >= 4 is 52.2 Å². The molecule has 13 nitrogen and oxygen atoms in total. The van der Waals surface area contributed by atoms with Crippen molar-refractivity contribution in [2.24, 2.45) is 0 Å². The Morgan fingerprint density at radius 3 is 1.79 bits per heavy atom. The molecule has 1 aromatic carbocycles. The molecule has 0 spiro atoms. The van der Waals surface area contributed by atoms with E-state index >= 15 is 0 Å². The highest BCUT2D eigenvalue weighted by Gasteiger charge is 2.53. The zero-order valence-electron chi connectivity index (χ0n) is 21.7. The van der Waals surface area contributed by atoms with Gasteiger partial charge in [0.25, 0.3) is 0 Å². The van der Waals surface area contributed by atoms with Gasteiger partial charge in [0.2, 0.25) is 5.91 Å². The van der Waals surface area contributed by atoms with E-state index in [0.717, 1.165) is 39.5 Å². The van der Waals surface area contributed by atoms with Crippen molar-refractivity contribution in [1.29, 1.82) is 0 Å². The summed E-state index contributed by atoms with van der Waals surface area (Å²) in [7, 11) is -2.03. The molecule has 0 bridgehead atoms. The van der Waals surface area contributed by atoms with E-state index in [1.165, 1.54) is 19.1 Å². The number of para-hydroxylation sites is 1. The molecule has 1 amide bonds. The van der Waals surface area contributed by atoms with Crippen molar-refractivity contribution in [2.45, 2.75) is 76.2 Å². The summed E-state index contributed by atoms with van der Waals surface area (Å²) in [6, 6.07) is 6.25. The lowest BCUT2D eigenvalue weighted by atomic mass is 10.0. The van der Waals surface area contributed by atoms with E-state index in [1.54, 1.807) is 12.1 Å². The van der Waals surface area contributed by atoms with E-state index in [-0.39, 0.29) is 10.6 Å². The van der Waals surface area contributed by atoms with Gasteiger partial charge in [-0.1, -0.05) is 12.1 Å². The van der Waals surface area contributed by atoms with Crippen LogP contribution < -0.4 is 4.90 Å². The number of hydrogen-bond acceptors (Lipinski definition) is 12. The van der Waals surface area contributed by atoms with Crippen molar-refractivity contribution in [3.05, 3.63) is 24.3 Å². The Morgan fingerprint density at radius 1 is 0.763 bits per heavy atom. The molecule has 0 aliphatic carbocycles. The summed E-state index contributed by atoms with van der Waals surface area (Å²) in [5.74, 6) is -4.98. The second-order valence-corrected chi connectivity index (χ2v) is 9.73. The van der Waals surface area contributed by atoms with E-state index in [9.17, 15) is 33.0 Å². The van der Waals surface area contributed by atoms with Crippen molar-refractivity contribution < 1.29 is 56.7 Å². The number of esters is 5. The van der Waals surface area contributed by atoms with Crippen molar-refractivity contribution in [1.82, 2.24) is 0 Å². The van der Waals surface area contributed by atoms with Gasteiger partial charge in [-0.15, -0.1) is 0 Å². The Kier molecular flexibility index (Phi) is 10.5. The van der Waals surface area contributed by atoms with Crippen molar-refractivity contribution in [2.75, 3.05) is 11.5 Å². The van der Waals surface area contributed by atoms with Gasteiger partial charge in [-0.2, -0.15) is 0 Å². The van der Waals surface area contributed by atoms with Gasteiger partial charge in [-0.25, -0.2) is 0 Å². The van der Waals surface area contributed by atoms with Crippen LogP contribution >= 0.6 is 0 Å². The number of anilines is 1. The lowest BCUT2D eigenvalue weighted by Gasteiger charge is -2.38. The van der Waals surface area contributed by atoms with Gasteiger partial charge in [0.05, 0.1) is 21.4 Å². The molecule has 1 aliphatic heterocycles. The van der Waals surface area contributed by atoms with Crippen LogP contribution in [0.1, 0.15) is 41.5 Å². The number of benzene rings is 1. The predicted octanol–water partition coefficient (Wildman–Crippen LogP) is 0.777.